The van der Waals surface area contributed by atoms with Crippen LogP contribution in [-0.4, -0.2) is 32.6 Å². The number of nitrogens with one attached hydrogen (secondary N) is 1. The summed E-state index contributed by atoms with van der Waals surface area (Å²) in [5, 5.41) is 7.30. The molecule has 0 unspecified atom stereocenters. The molecule has 0 atom stereocenters. The van der Waals surface area contributed by atoms with Crippen LogP contribution in [-0.2, 0) is 11.3 Å². The lowest BCUT2D eigenvalue weighted by molar-refractivity contribution is -0.123. The van der Waals surface area contributed by atoms with Crippen molar-refractivity contribution in [3.05, 3.63) is 66.7 Å². The summed E-state index contributed by atoms with van der Waals surface area (Å²) in [4.78, 5) is 24.5. The van der Waals surface area contributed by atoms with Gasteiger partial charge in [-0.3, -0.25) is 4.79 Å². The Balaban J connectivity index is 1.33. The number of para-hydroxylation sites is 1. The number of fused-ring (bicyclic) bond motifs is 1. The third-order valence-corrected chi connectivity index (χ3v) is 3.78. The topological polar surface area (TPSA) is 103 Å². The van der Waals surface area contributed by atoms with Crippen LogP contribution in [0.1, 0.15) is 5.82 Å². The first kappa shape index (κ1) is 16.6. The fraction of sp³-hybridized carbons (Fsp3) is 0.105. The number of amides is 1. The highest BCUT2D eigenvalue weighted by atomic mass is 16.5. The summed E-state index contributed by atoms with van der Waals surface area (Å²) >= 11 is 0. The molecular formula is C19H15N5O3. The van der Waals surface area contributed by atoms with Crippen LogP contribution < -0.4 is 10.1 Å². The van der Waals surface area contributed by atoms with E-state index in [1.54, 1.807) is 0 Å². The molecule has 0 aliphatic carbocycles. The third-order valence-electron chi connectivity index (χ3n) is 3.78. The number of hydrogen-bond donors (Lipinski definition) is 1. The van der Waals surface area contributed by atoms with Crippen molar-refractivity contribution in [1.82, 2.24) is 25.4 Å². The molecule has 1 N–H and O–H groups in total. The first-order valence-electron chi connectivity index (χ1n) is 8.27. The predicted molar refractivity (Wildman–Crippen MR) is 96.6 cm³/mol. The van der Waals surface area contributed by atoms with Crippen molar-refractivity contribution in [3.63, 3.8) is 0 Å². The number of aromatic nitrogens is 4. The Labute approximate surface area is 154 Å². The number of benzene rings is 2. The van der Waals surface area contributed by atoms with Gasteiger partial charge < -0.3 is 14.6 Å². The van der Waals surface area contributed by atoms with E-state index in [9.17, 15) is 4.79 Å². The van der Waals surface area contributed by atoms with E-state index in [1.165, 1.54) is 6.33 Å². The van der Waals surface area contributed by atoms with Gasteiger partial charge in [0.1, 0.15) is 6.33 Å². The fourth-order valence-electron chi connectivity index (χ4n) is 2.48. The minimum absolute atomic E-state index is 0.142. The lowest BCUT2D eigenvalue weighted by Crippen LogP contribution is -2.29. The third kappa shape index (κ3) is 3.90. The van der Waals surface area contributed by atoms with Crippen LogP contribution in [0.5, 0.6) is 5.88 Å². The lowest BCUT2D eigenvalue weighted by Gasteiger charge is -2.07. The monoisotopic (exact) mass is 361 g/mol. The van der Waals surface area contributed by atoms with Crippen LogP contribution in [0, 0.1) is 0 Å². The quantitative estimate of drug-likeness (QED) is 0.562. The van der Waals surface area contributed by atoms with Gasteiger partial charge in [-0.25, -0.2) is 9.97 Å². The highest BCUT2D eigenvalue weighted by Gasteiger charge is 2.11. The number of rotatable bonds is 6. The molecule has 0 saturated heterocycles. The number of nitrogens with zero attached hydrogens (tertiary/aromatic N) is 4. The minimum Gasteiger partial charge on any atom is -0.467 e. The van der Waals surface area contributed by atoms with Crippen LogP contribution in [0.4, 0.5) is 0 Å². The van der Waals surface area contributed by atoms with Crippen molar-refractivity contribution in [3.8, 4) is 17.3 Å². The standard InChI is InChI=1S/C19H15N5O3/c25-17(11-26-19-14-8-4-5-9-15(14)21-12-22-19)20-10-16-23-18(27-24-16)13-6-2-1-3-7-13/h1-9,12H,10-11H2,(H,20,25). The molecule has 2 aromatic carbocycles. The molecule has 0 aliphatic rings. The molecule has 2 heterocycles. The Hall–Kier alpha value is -3.81. The first-order chi connectivity index (χ1) is 13.3. The van der Waals surface area contributed by atoms with Gasteiger partial charge in [-0.05, 0) is 24.3 Å². The van der Waals surface area contributed by atoms with Gasteiger partial charge in [0.2, 0.25) is 5.88 Å². The summed E-state index contributed by atoms with van der Waals surface area (Å²) in [5.74, 6) is 0.837. The predicted octanol–water partition coefficient (Wildman–Crippen LogP) is 2.38. The summed E-state index contributed by atoms with van der Waals surface area (Å²) in [6.07, 6.45) is 1.40. The molecule has 27 heavy (non-hydrogen) atoms. The van der Waals surface area contributed by atoms with Crippen molar-refractivity contribution in [2.24, 2.45) is 0 Å². The zero-order chi connectivity index (χ0) is 18.5. The van der Waals surface area contributed by atoms with Crippen LogP contribution in [0.2, 0.25) is 0 Å². The molecule has 0 aliphatic heterocycles. The van der Waals surface area contributed by atoms with E-state index in [-0.39, 0.29) is 19.1 Å². The van der Waals surface area contributed by atoms with E-state index in [0.717, 1.165) is 16.5 Å². The Kier molecular flexibility index (Phi) is 4.69. The van der Waals surface area contributed by atoms with Gasteiger partial charge in [-0.1, -0.05) is 35.5 Å². The summed E-state index contributed by atoms with van der Waals surface area (Å²) in [6.45, 7) is -0.0343. The fourth-order valence-corrected chi connectivity index (χ4v) is 2.48. The maximum atomic E-state index is 12.0. The maximum Gasteiger partial charge on any atom is 0.258 e. The van der Waals surface area contributed by atoms with Crippen molar-refractivity contribution >= 4 is 16.8 Å². The van der Waals surface area contributed by atoms with Gasteiger partial charge in [-0.2, -0.15) is 4.98 Å². The summed E-state index contributed by atoms with van der Waals surface area (Å²) in [5.41, 5.74) is 1.57. The molecule has 0 bridgehead atoms. The van der Waals surface area contributed by atoms with Crippen molar-refractivity contribution < 1.29 is 14.1 Å². The number of carbonyl (C=O) groups excluding carboxylic acids is 1. The molecule has 0 fully saturated rings. The van der Waals surface area contributed by atoms with Crippen molar-refractivity contribution in [2.45, 2.75) is 6.54 Å². The van der Waals surface area contributed by atoms with Crippen LogP contribution in [0.3, 0.4) is 0 Å². The maximum absolute atomic E-state index is 12.0. The second kappa shape index (κ2) is 7.61. The van der Waals surface area contributed by atoms with Gasteiger partial charge >= 0.3 is 0 Å². The van der Waals surface area contributed by atoms with E-state index in [4.69, 9.17) is 9.26 Å². The average Bonchev–Trinajstić information content (AvgIpc) is 3.20. The average molecular weight is 361 g/mol. The van der Waals surface area contributed by atoms with E-state index in [0.29, 0.717) is 17.6 Å². The molecule has 8 heteroatoms. The van der Waals surface area contributed by atoms with Crippen LogP contribution >= 0.6 is 0 Å². The number of carbonyl (C=O) groups is 1. The van der Waals surface area contributed by atoms with Gasteiger partial charge in [0.15, 0.2) is 12.4 Å². The molecule has 0 radical (unpaired) electrons. The molecule has 0 saturated carbocycles. The normalized spacial score (nSPS) is 10.7. The highest BCUT2D eigenvalue weighted by molar-refractivity contribution is 5.83. The van der Waals surface area contributed by atoms with Gasteiger partial charge in [-0.15, -0.1) is 0 Å². The van der Waals surface area contributed by atoms with E-state index < -0.39 is 0 Å². The molecular weight excluding hydrogens is 346 g/mol. The zero-order valence-electron chi connectivity index (χ0n) is 14.2. The van der Waals surface area contributed by atoms with Gasteiger partial charge in [0.25, 0.3) is 11.8 Å². The smallest absolute Gasteiger partial charge is 0.258 e. The first-order valence-corrected chi connectivity index (χ1v) is 8.27. The van der Waals surface area contributed by atoms with Gasteiger partial charge in [0, 0.05) is 5.56 Å². The number of hydrogen-bond acceptors (Lipinski definition) is 7. The SMILES string of the molecule is O=C(COc1ncnc2ccccc12)NCc1noc(-c2ccccc2)n1. The molecule has 134 valence electrons. The summed E-state index contributed by atoms with van der Waals surface area (Å²) in [6, 6.07) is 16.8. The van der Waals surface area contributed by atoms with E-state index >= 15 is 0 Å². The van der Waals surface area contributed by atoms with Crippen LogP contribution in [0.25, 0.3) is 22.4 Å². The highest BCUT2D eigenvalue weighted by Crippen LogP contribution is 2.20. The Morgan fingerprint density at radius 1 is 1.04 bits per heavy atom. The zero-order valence-corrected chi connectivity index (χ0v) is 14.2. The molecule has 0 spiro atoms. The van der Waals surface area contributed by atoms with Crippen molar-refractivity contribution in [2.75, 3.05) is 6.61 Å². The Bertz CT molecular complexity index is 1060. The molecule has 4 rings (SSSR count). The van der Waals surface area contributed by atoms with E-state index in [1.807, 2.05) is 54.6 Å². The molecule has 8 nitrogen and oxygen atoms in total. The second-order valence-electron chi connectivity index (χ2n) is 5.64. The largest absolute Gasteiger partial charge is 0.467 e. The molecule has 4 aromatic rings. The van der Waals surface area contributed by atoms with Crippen LogP contribution in [0.15, 0.2) is 65.4 Å². The van der Waals surface area contributed by atoms with Crippen molar-refractivity contribution in [1.29, 1.82) is 0 Å². The second-order valence-corrected chi connectivity index (χ2v) is 5.64. The van der Waals surface area contributed by atoms with E-state index in [2.05, 4.69) is 25.4 Å². The summed E-state index contributed by atoms with van der Waals surface area (Å²) < 4.78 is 10.7. The molecule has 2 aromatic heterocycles. The Morgan fingerprint density at radius 3 is 2.74 bits per heavy atom. The Morgan fingerprint density at radius 2 is 1.85 bits per heavy atom. The summed E-state index contributed by atoms with van der Waals surface area (Å²) in [7, 11) is 0. The lowest BCUT2D eigenvalue weighted by atomic mass is 10.2. The minimum atomic E-state index is -0.316. The molecule has 1 amide bonds. The number of ether oxygens (including phenoxy) is 1. The van der Waals surface area contributed by atoms with Gasteiger partial charge in [0.05, 0.1) is 17.4 Å².